The quantitative estimate of drug-likeness (QED) is 0.673. The second kappa shape index (κ2) is 5.11. The van der Waals surface area contributed by atoms with E-state index in [1.54, 1.807) is 13.8 Å². The zero-order valence-corrected chi connectivity index (χ0v) is 12.8. The zero-order chi connectivity index (χ0) is 15.0. The molecule has 0 aromatic heterocycles. The van der Waals surface area contributed by atoms with Crippen LogP contribution in [-0.2, 0) is 20.3 Å². The molecule has 1 saturated heterocycles. The second-order valence-corrected chi connectivity index (χ2v) is 6.85. The molecule has 1 aliphatic heterocycles. The number of hydrogen-bond acceptors (Lipinski definition) is 4. The Kier molecular flexibility index (Phi) is 3.95. The summed E-state index contributed by atoms with van der Waals surface area (Å²) in [6.45, 7) is 9.88. The molecule has 2 atom stereocenters. The summed E-state index contributed by atoms with van der Waals surface area (Å²) < 4.78 is 0. The smallest absolute Gasteiger partial charge is 0.131 e. The lowest BCUT2D eigenvalue weighted by Gasteiger charge is -2.51. The molecule has 20 heavy (non-hydrogen) atoms. The van der Waals surface area contributed by atoms with Gasteiger partial charge in [0.1, 0.15) is 17.3 Å². The van der Waals surface area contributed by atoms with Gasteiger partial charge in [-0.2, -0.15) is 0 Å². The summed E-state index contributed by atoms with van der Waals surface area (Å²) >= 11 is 0. The monoisotopic (exact) mass is 280 g/mol. The van der Waals surface area contributed by atoms with Crippen LogP contribution in [0.5, 0.6) is 0 Å². The Hall–Kier alpha value is -0.940. The first-order valence-electron chi connectivity index (χ1n) is 6.95. The van der Waals surface area contributed by atoms with Crippen LogP contribution >= 0.6 is 0 Å². The Morgan fingerprint density at radius 2 is 1.80 bits per heavy atom. The van der Waals surface area contributed by atoms with E-state index in [1.807, 2.05) is 37.3 Å². The fourth-order valence-corrected chi connectivity index (χ4v) is 2.57. The van der Waals surface area contributed by atoms with Crippen LogP contribution in [0, 0.1) is 5.41 Å². The normalized spacial score (nSPS) is 30.2. The molecule has 1 N–H and O–H groups in total. The summed E-state index contributed by atoms with van der Waals surface area (Å²) in [5.74, 6) is 0. The van der Waals surface area contributed by atoms with E-state index in [1.165, 1.54) is 0 Å². The number of rotatable bonds is 3. The van der Waals surface area contributed by atoms with E-state index in [0.29, 0.717) is 6.42 Å². The van der Waals surface area contributed by atoms with Crippen LogP contribution in [0.3, 0.4) is 0 Å². The van der Waals surface area contributed by atoms with Crippen molar-refractivity contribution in [2.75, 3.05) is 0 Å². The molecule has 0 aliphatic carbocycles. The summed E-state index contributed by atoms with van der Waals surface area (Å²) in [6.07, 6.45) is 0.380. The van der Waals surface area contributed by atoms with Gasteiger partial charge in [0.15, 0.2) is 0 Å². The molecule has 112 valence electrons. The molecule has 4 heteroatoms. The first-order valence-corrected chi connectivity index (χ1v) is 6.95. The predicted molar refractivity (Wildman–Crippen MR) is 75.9 cm³/mol. The first kappa shape index (κ1) is 15.4. The molecule has 1 fully saturated rings. The van der Waals surface area contributed by atoms with Crippen molar-refractivity contribution in [2.45, 2.75) is 58.3 Å². The maximum Gasteiger partial charge on any atom is 0.131 e. The average molecular weight is 280 g/mol. The van der Waals surface area contributed by atoms with E-state index in [9.17, 15) is 0 Å². The van der Waals surface area contributed by atoms with Crippen molar-refractivity contribution >= 4 is 0 Å². The third-order valence-corrected chi connectivity index (χ3v) is 4.65. The Balaban J connectivity index is 2.29. The molecule has 1 aromatic rings. The topological polar surface area (TPSA) is 47.9 Å². The van der Waals surface area contributed by atoms with Crippen LogP contribution in [-0.4, -0.2) is 17.0 Å². The molecule has 4 nitrogen and oxygen atoms in total. The lowest BCUT2D eigenvalue weighted by molar-refractivity contribution is -0.473. The van der Waals surface area contributed by atoms with Gasteiger partial charge in [-0.25, -0.2) is 14.7 Å². The van der Waals surface area contributed by atoms with Gasteiger partial charge >= 0.3 is 0 Å². The van der Waals surface area contributed by atoms with Crippen LogP contribution in [0.1, 0.15) is 46.6 Å². The first-order chi connectivity index (χ1) is 9.23. The molecule has 1 aromatic carbocycles. The van der Waals surface area contributed by atoms with Gasteiger partial charge < -0.3 is 0 Å². The van der Waals surface area contributed by atoms with E-state index < -0.39 is 11.2 Å². The lowest BCUT2D eigenvalue weighted by atomic mass is 9.67. The van der Waals surface area contributed by atoms with Crippen molar-refractivity contribution in [3.8, 4) is 0 Å². The molecule has 1 heterocycles. The third-order valence-electron chi connectivity index (χ3n) is 4.65. The molecular formula is C16H24O4. The number of benzene rings is 1. The summed E-state index contributed by atoms with van der Waals surface area (Å²) in [4.78, 5) is 15.9. The van der Waals surface area contributed by atoms with E-state index >= 15 is 0 Å². The van der Waals surface area contributed by atoms with Crippen LogP contribution in [0.25, 0.3) is 0 Å². The van der Waals surface area contributed by atoms with Crippen LogP contribution in [0.2, 0.25) is 0 Å². The second-order valence-electron chi connectivity index (χ2n) is 6.85. The molecule has 0 spiro atoms. The minimum absolute atomic E-state index is 0.174. The van der Waals surface area contributed by atoms with Gasteiger partial charge in [-0.3, -0.25) is 5.26 Å². The zero-order valence-electron chi connectivity index (χ0n) is 12.8. The highest BCUT2D eigenvalue weighted by Gasteiger charge is 2.53. The summed E-state index contributed by atoms with van der Waals surface area (Å²) in [6, 6.07) is 10.0. The SMILES string of the molecule is CC(C)(OO)C1CC(C)(C)[C@@](C)(c2ccccc2)OO1. The maximum absolute atomic E-state index is 9.03. The van der Waals surface area contributed by atoms with Crippen molar-refractivity contribution < 1.29 is 19.9 Å². The van der Waals surface area contributed by atoms with Gasteiger partial charge in [-0.1, -0.05) is 44.2 Å². The van der Waals surface area contributed by atoms with Crippen molar-refractivity contribution in [2.24, 2.45) is 5.41 Å². The Bertz CT molecular complexity index is 455. The van der Waals surface area contributed by atoms with Gasteiger partial charge in [0, 0.05) is 5.41 Å². The summed E-state index contributed by atoms with van der Waals surface area (Å²) in [5, 5.41) is 9.03. The summed E-state index contributed by atoms with van der Waals surface area (Å²) in [7, 11) is 0. The van der Waals surface area contributed by atoms with E-state index in [0.717, 1.165) is 5.56 Å². The van der Waals surface area contributed by atoms with Crippen molar-refractivity contribution in [1.82, 2.24) is 0 Å². The third kappa shape index (κ3) is 2.49. The van der Waals surface area contributed by atoms with Crippen LogP contribution < -0.4 is 0 Å². The van der Waals surface area contributed by atoms with Gasteiger partial charge in [0.25, 0.3) is 0 Å². The van der Waals surface area contributed by atoms with Gasteiger partial charge in [0.05, 0.1) is 0 Å². The van der Waals surface area contributed by atoms with E-state index in [-0.39, 0.29) is 11.5 Å². The van der Waals surface area contributed by atoms with Crippen molar-refractivity contribution in [3.63, 3.8) is 0 Å². The highest BCUT2D eigenvalue weighted by Crippen LogP contribution is 2.51. The molecule has 0 radical (unpaired) electrons. The molecule has 0 saturated carbocycles. The number of hydrogen-bond donors (Lipinski definition) is 1. The van der Waals surface area contributed by atoms with Crippen LogP contribution in [0.15, 0.2) is 30.3 Å². The van der Waals surface area contributed by atoms with Crippen molar-refractivity contribution in [3.05, 3.63) is 35.9 Å². The molecule has 0 bridgehead atoms. The van der Waals surface area contributed by atoms with E-state index in [2.05, 4.69) is 18.7 Å². The fourth-order valence-electron chi connectivity index (χ4n) is 2.57. The fraction of sp³-hybridized carbons (Fsp3) is 0.625. The Morgan fingerprint density at radius 3 is 2.30 bits per heavy atom. The largest absolute Gasteiger partial charge is 0.251 e. The summed E-state index contributed by atoms with van der Waals surface area (Å²) in [5.41, 5.74) is -0.454. The molecule has 1 unspecified atom stereocenters. The lowest BCUT2D eigenvalue weighted by Crippen LogP contribution is -2.54. The maximum atomic E-state index is 9.03. The predicted octanol–water partition coefficient (Wildman–Crippen LogP) is 3.92. The molecular weight excluding hydrogens is 256 g/mol. The molecule has 0 amide bonds. The Morgan fingerprint density at radius 1 is 1.20 bits per heavy atom. The highest BCUT2D eigenvalue weighted by molar-refractivity contribution is 5.25. The highest BCUT2D eigenvalue weighted by atomic mass is 17.2. The molecule has 1 aliphatic rings. The van der Waals surface area contributed by atoms with E-state index in [4.69, 9.17) is 15.0 Å². The minimum Gasteiger partial charge on any atom is -0.251 e. The average Bonchev–Trinajstić information content (AvgIpc) is 2.42. The standard InChI is InChI=1S/C16H24O4/c1-14(2)11-13(15(3,4)19-17)18-20-16(14,5)12-9-7-6-8-10-12/h6-10,13,17H,11H2,1-5H3/t13?,16-/m1/s1. The van der Waals surface area contributed by atoms with Gasteiger partial charge in [0.2, 0.25) is 0 Å². The van der Waals surface area contributed by atoms with Gasteiger partial charge in [-0.05, 0) is 32.8 Å². The molecule has 2 rings (SSSR count). The van der Waals surface area contributed by atoms with Gasteiger partial charge in [-0.15, -0.1) is 0 Å². The van der Waals surface area contributed by atoms with Crippen molar-refractivity contribution in [1.29, 1.82) is 0 Å². The van der Waals surface area contributed by atoms with Crippen LogP contribution in [0.4, 0.5) is 0 Å². The Labute approximate surface area is 120 Å². The minimum atomic E-state index is -0.810.